The van der Waals surface area contributed by atoms with Gasteiger partial charge in [0.15, 0.2) is 5.82 Å². The Labute approximate surface area is 443 Å². The number of fused-ring (bicyclic) bond motifs is 3. The number of carbonyl (C=O) groups excluding carboxylic acids is 5. The fourth-order valence-electron chi connectivity index (χ4n) is 13.7. The van der Waals surface area contributed by atoms with Crippen molar-refractivity contribution in [3.63, 3.8) is 0 Å². The van der Waals surface area contributed by atoms with E-state index in [9.17, 15) is 19.2 Å². The van der Waals surface area contributed by atoms with Crippen molar-refractivity contribution in [2.75, 3.05) is 49.5 Å². The third-order valence-corrected chi connectivity index (χ3v) is 18.2. The van der Waals surface area contributed by atoms with Crippen LogP contribution in [-0.2, 0) is 29.4 Å². The average molecular weight is 1030 g/mol. The van der Waals surface area contributed by atoms with Gasteiger partial charge in [-0.15, -0.1) is 0 Å². The van der Waals surface area contributed by atoms with Crippen LogP contribution >= 0.6 is 0 Å². The van der Waals surface area contributed by atoms with Crippen LogP contribution in [-0.4, -0.2) is 116 Å². The standard InChI is InChI=1S/C60H70FN9O6/c1-37(2)69-36-62-51-35-50(64-55(54(51)69)63-49-9-5-4-8-48(49)61)41-14-20-47-52(32-41)70(43-33-42(34-43)66-26-6-3-7-27-66)59(75)60(47)24-30-68(31-25-60)58(74)40-22-28-67(29-23-40)57(73)39-12-17-45(18-13-39)76-44-15-10-38(11-16-44)46-19-21-53(71)65-56(46)72/h4-5,8-11,14-16,20,32,35-37,39-40,42-43,45-46H,3,6-7,12-13,17-19,21-31,33-34H2,1-2H3,(H,63,64)(H,65,71,72)/t39?,42?,43?,45?,46-/m1/s1. The Kier molecular flexibility index (Phi) is 13.7. The summed E-state index contributed by atoms with van der Waals surface area (Å²) in [7, 11) is 0. The van der Waals surface area contributed by atoms with Crippen molar-refractivity contribution >= 4 is 57.8 Å². The predicted molar refractivity (Wildman–Crippen MR) is 287 cm³/mol. The van der Waals surface area contributed by atoms with Crippen molar-refractivity contribution < 1.29 is 33.1 Å². The monoisotopic (exact) mass is 1030 g/mol. The van der Waals surface area contributed by atoms with Gasteiger partial charge in [0.2, 0.25) is 29.5 Å². The minimum atomic E-state index is -0.742. The van der Waals surface area contributed by atoms with Crippen molar-refractivity contribution in [3.8, 4) is 17.0 Å². The van der Waals surface area contributed by atoms with Crippen LogP contribution in [0.3, 0.4) is 0 Å². The van der Waals surface area contributed by atoms with Crippen LogP contribution in [0.1, 0.15) is 133 Å². The van der Waals surface area contributed by atoms with E-state index in [1.54, 1.807) is 24.5 Å². The summed E-state index contributed by atoms with van der Waals surface area (Å²) in [4.78, 5) is 86.0. The highest BCUT2D eigenvalue weighted by atomic mass is 19.1. The van der Waals surface area contributed by atoms with Gasteiger partial charge in [0.25, 0.3) is 0 Å². The summed E-state index contributed by atoms with van der Waals surface area (Å²) in [6.07, 6.45) is 13.7. The number of halogens is 1. The number of amides is 5. The summed E-state index contributed by atoms with van der Waals surface area (Å²) >= 11 is 0. The van der Waals surface area contributed by atoms with Gasteiger partial charge < -0.3 is 34.2 Å². The molecule has 4 saturated heterocycles. The molecule has 2 N–H and O–H groups in total. The lowest BCUT2D eigenvalue weighted by Gasteiger charge is -2.48. The number of likely N-dealkylation sites (tertiary alicyclic amines) is 3. The van der Waals surface area contributed by atoms with E-state index in [-0.39, 0.29) is 71.3 Å². The molecule has 76 heavy (non-hydrogen) atoms. The smallest absolute Gasteiger partial charge is 0.238 e. The van der Waals surface area contributed by atoms with Gasteiger partial charge >= 0.3 is 0 Å². The highest BCUT2D eigenvalue weighted by molar-refractivity contribution is 6.09. The van der Waals surface area contributed by atoms with Crippen LogP contribution in [0.2, 0.25) is 0 Å². The number of para-hydroxylation sites is 1. The number of carbonyl (C=O) groups is 5. The molecule has 6 fully saturated rings. The Bertz CT molecular complexity index is 3030. The first-order valence-electron chi connectivity index (χ1n) is 28.2. The minimum absolute atomic E-state index is 0.00580. The Hall–Kier alpha value is -6.68. The molecule has 2 aromatic heterocycles. The molecule has 5 aliphatic heterocycles. The third-order valence-electron chi connectivity index (χ3n) is 18.2. The number of anilines is 3. The maximum atomic E-state index is 15.3. The number of hydrogen-bond donors (Lipinski definition) is 2. The first-order chi connectivity index (χ1) is 36.9. The lowest BCUT2D eigenvalue weighted by atomic mass is 9.73. The fraction of sp³-hybridized carbons (Fsp3) is 0.517. The molecule has 7 heterocycles. The van der Waals surface area contributed by atoms with Gasteiger partial charge in [0, 0.05) is 73.8 Å². The number of nitrogens with one attached hydrogen (secondary N) is 2. The van der Waals surface area contributed by atoms with E-state index in [0.29, 0.717) is 87.9 Å². The molecule has 16 heteroatoms. The molecule has 2 saturated carbocycles. The molecule has 3 aromatic carbocycles. The van der Waals surface area contributed by atoms with E-state index in [4.69, 9.17) is 14.7 Å². The second-order valence-corrected chi connectivity index (χ2v) is 23.0. The van der Waals surface area contributed by atoms with Gasteiger partial charge in [-0.25, -0.2) is 14.4 Å². The fourth-order valence-corrected chi connectivity index (χ4v) is 13.7. The van der Waals surface area contributed by atoms with Gasteiger partial charge in [0.05, 0.1) is 40.7 Å². The van der Waals surface area contributed by atoms with E-state index in [2.05, 4.69) is 52.5 Å². The van der Waals surface area contributed by atoms with Crippen molar-refractivity contribution in [1.29, 1.82) is 0 Å². The van der Waals surface area contributed by atoms with Crippen LogP contribution in [0.5, 0.6) is 5.75 Å². The molecule has 0 radical (unpaired) electrons. The largest absolute Gasteiger partial charge is 0.490 e. The minimum Gasteiger partial charge on any atom is -0.490 e. The zero-order chi connectivity index (χ0) is 52.2. The lowest BCUT2D eigenvalue weighted by molar-refractivity contribution is -0.145. The summed E-state index contributed by atoms with van der Waals surface area (Å²) in [5, 5.41) is 5.71. The third kappa shape index (κ3) is 9.42. The molecular weight excluding hydrogens is 962 g/mol. The molecule has 5 amide bonds. The Morgan fingerprint density at radius 1 is 0.776 bits per heavy atom. The predicted octanol–water partition coefficient (Wildman–Crippen LogP) is 9.18. The van der Waals surface area contributed by atoms with Gasteiger partial charge in [-0.3, -0.25) is 29.3 Å². The molecule has 12 rings (SSSR count). The van der Waals surface area contributed by atoms with Crippen LogP contribution < -0.4 is 20.3 Å². The van der Waals surface area contributed by atoms with Crippen molar-refractivity contribution in [2.45, 2.75) is 146 Å². The first-order valence-corrected chi connectivity index (χ1v) is 28.2. The number of rotatable bonds is 11. The molecule has 2 aliphatic carbocycles. The quantitative estimate of drug-likeness (QED) is 0.122. The highest BCUT2D eigenvalue weighted by Gasteiger charge is 2.56. The summed E-state index contributed by atoms with van der Waals surface area (Å²) in [6.45, 7) is 8.52. The Balaban J connectivity index is 0.699. The molecular formula is C60H70FN9O6. The SMILES string of the molecule is CC(C)n1cnc2cc(-c3ccc4c(c3)N(C3CC(N5CCCCC5)C3)C(=O)C43CCN(C(=O)C4CCN(C(=O)C5CCC(Oc6ccc([C@H]7CCC(=O)NC7=O)cc6)CC5)CC4)CC3)nc(Nc3ccccc3F)c21. The Morgan fingerprint density at radius 3 is 2.17 bits per heavy atom. The molecule has 7 aliphatic rings. The summed E-state index contributed by atoms with van der Waals surface area (Å²) < 4.78 is 23.5. The highest BCUT2D eigenvalue weighted by Crippen LogP contribution is 2.52. The zero-order valence-electron chi connectivity index (χ0n) is 43.9. The number of pyridine rings is 1. The van der Waals surface area contributed by atoms with E-state index in [0.717, 1.165) is 90.8 Å². The van der Waals surface area contributed by atoms with Crippen LogP contribution in [0.25, 0.3) is 22.3 Å². The number of aromatic nitrogens is 3. The van der Waals surface area contributed by atoms with Crippen LogP contribution in [0.4, 0.5) is 21.6 Å². The number of nitrogens with zero attached hydrogens (tertiary/aromatic N) is 7. The zero-order valence-corrected chi connectivity index (χ0v) is 43.9. The molecule has 0 bridgehead atoms. The van der Waals surface area contributed by atoms with E-state index >= 15 is 9.18 Å². The van der Waals surface area contributed by atoms with Crippen LogP contribution in [0, 0.1) is 17.7 Å². The topological polar surface area (TPSA) is 162 Å². The van der Waals surface area contributed by atoms with Crippen molar-refractivity contribution in [3.05, 3.63) is 96.1 Å². The summed E-state index contributed by atoms with van der Waals surface area (Å²) in [6, 6.07) is 23.1. The van der Waals surface area contributed by atoms with E-state index in [1.165, 1.54) is 25.3 Å². The maximum absolute atomic E-state index is 15.3. The van der Waals surface area contributed by atoms with Crippen LogP contribution in [0.15, 0.2) is 79.1 Å². The lowest BCUT2D eigenvalue weighted by Crippen LogP contribution is -2.58. The second-order valence-electron chi connectivity index (χ2n) is 23.0. The molecule has 0 unspecified atom stereocenters. The van der Waals surface area contributed by atoms with E-state index < -0.39 is 5.41 Å². The van der Waals surface area contributed by atoms with Gasteiger partial charge in [-0.05, 0) is 158 Å². The van der Waals surface area contributed by atoms with E-state index in [1.807, 2.05) is 44.7 Å². The summed E-state index contributed by atoms with van der Waals surface area (Å²) in [5.74, 6) is 0.275. The summed E-state index contributed by atoms with van der Waals surface area (Å²) in [5.41, 5.74) is 5.46. The normalized spacial score (nSPS) is 25.2. The number of hydrogen-bond acceptors (Lipinski definition) is 10. The van der Waals surface area contributed by atoms with Crippen molar-refractivity contribution in [2.24, 2.45) is 11.8 Å². The van der Waals surface area contributed by atoms with Gasteiger partial charge in [0.1, 0.15) is 17.1 Å². The number of imidazole rings is 1. The molecule has 5 aromatic rings. The van der Waals surface area contributed by atoms with Gasteiger partial charge in [-0.2, -0.15) is 0 Å². The molecule has 15 nitrogen and oxygen atoms in total. The Morgan fingerprint density at radius 2 is 1.47 bits per heavy atom. The maximum Gasteiger partial charge on any atom is 0.238 e. The van der Waals surface area contributed by atoms with Crippen molar-refractivity contribution in [1.82, 2.24) is 34.6 Å². The number of ether oxygens (including phenoxy) is 1. The molecule has 1 atom stereocenters. The number of benzene rings is 3. The molecule has 1 spiro atoms. The second kappa shape index (κ2) is 20.7. The number of piperidine rings is 4. The molecule has 398 valence electrons. The van der Waals surface area contributed by atoms with Gasteiger partial charge in [-0.1, -0.05) is 42.8 Å². The number of imide groups is 1. The first kappa shape index (κ1) is 50.2. The average Bonchev–Trinajstić information content (AvgIpc) is 4.00.